The molecule has 70 valence electrons. The Bertz CT molecular complexity index is 487. The van der Waals surface area contributed by atoms with Gasteiger partial charge in [-0.05, 0) is 0 Å². The Hall–Kier alpha value is -1.69. The normalized spacial score (nSPS) is 14.1. The van der Waals surface area contributed by atoms with Gasteiger partial charge in [-0.3, -0.25) is 14.3 Å². The molecule has 0 fully saturated rings. The van der Waals surface area contributed by atoms with E-state index in [4.69, 9.17) is 0 Å². The molecule has 3 rings (SSSR count). The van der Waals surface area contributed by atoms with E-state index in [1.807, 2.05) is 4.57 Å². The van der Waals surface area contributed by atoms with Crippen molar-refractivity contribution in [2.24, 2.45) is 0 Å². The number of rotatable bonds is 1. The van der Waals surface area contributed by atoms with E-state index in [0.29, 0.717) is 12.2 Å². The lowest BCUT2D eigenvalue weighted by molar-refractivity contribution is 0.0961. The first kappa shape index (κ1) is 7.69. The molecule has 14 heavy (non-hydrogen) atoms. The average Bonchev–Trinajstić information content (AvgIpc) is 2.84. The number of imidazole rings is 1. The maximum atomic E-state index is 11.2. The zero-order chi connectivity index (χ0) is 9.54. The molecule has 0 aromatic carbocycles. The molecule has 0 saturated carbocycles. The van der Waals surface area contributed by atoms with Crippen LogP contribution in [0.3, 0.4) is 0 Å². The molecule has 1 aliphatic heterocycles. The summed E-state index contributed by atoms with van der Waals surface area (Å²) < 4.78 is 1.89. The van der Waals surface area contributed by atoms with Crippen LogP contribution in [0.4, 0.5) is 0 Å². The molecule has 5 nitrogen and oxygen atoms in total. The minimum atomic E-state index is -0.0942. The average molecular weight is 206 g/mol. The van der Waals surface area contributed by atoms with Crippen molar-refractivity contribution in [3.8, 4) is 5.00 Å². The van der Waals surface area contributed by atoms with Crippen LogP contribution < -0.4 is 5.32 Å². The second-order valence-corrected chi connectivity index (χ2v) is 3.80. The van der Waals surface area contributed by atoms with E-state index in [-0.39, 0.29) is 5.91 Å². The van der Waals surface area contributed by atoms with Crippen molar-refractivity contribution in [3.05, 3.63) is 29.4 Å². The Morgan fingerprint density at radius 3 is 3.29 bits per heavy atom. The van der Waals surface area contributed by atoms with Crippen LogP contribution in [0.5, 0.6) is 0 Å². The number of nitrogens with one attached hydrogen (secondary N) is 1. The second kappa shape index (κ2) is 2.65. The van der Waals surface area contributed by atoms with Crippen molar-refractivity contribution in [3.63, 3.8) is 0 Å². The molecule has 0 radical (unpaired) electrons. The molecule has 0 spiro atoms. The molecule has 0 saturated heterocycles. The van der Waals surface area contributed by atoms with Gasteiger partial charge >= 0.3 is 0 Å². The number of hydrogen-bond donors (Lipinski definition) is 1. The predicted octanol–water partition coefficient (Wildman–Crippen LogP) is 0.572. The van der Waals surface area contributed by atoms with E-state index in [0.717, 1.165) is 10.7 Å². The molecule has 0 atom stereocenters. The number of aromatic nitrogens is 3. The number of amides is 1. The zero-order valence-electron chi connectivity index (χ0n) is 7.10. The van der Waals surface area contributed by atoms with Crippen molar-refractivity contribution in [2.45, 2.75) is 6.54 Å². The van der Waals surface area contributed by atoms with E-state index in [1.165, 1.54) is 11.3 Å². The third-order valence-electron chi connectivity index (χ3n) is 2.15. The number of hydrogen-bond acceptors (Lipinski definition) is 4. The molecule has 2 aromatic rings. The molecule has 0 aliphatic carbocycles. The lowest BCUT2D eigenvalue weighted by Gasteiger charge is -1.99. The quantitative estimate of drug-likeness (QED) is 0.742. The number of fused-ring (bicyclic) bond motifs is 1. The first-order valence-corrected chi connectivity index (χ1v) is 4.97. The van der Waals surface area contributed by atoms with Crippen LogP contribution in [0, 0.1) is 0 Å². The number of thiazole rings is 1. The van der Waals surface area contributed by atoms with Crippen molar-refractivity contribution in [1.29, 1.82) is 0 Å². The van der Waals surface area contributed by atoms with Crippen LogP contribution >= 0.6 is 11.3 Å². The number of carbonyl (C=O) groups is 1. The third-order valence-corrected chi connectivity index (χ3v) is 2.93. The molecule has 0 unspecified atom stereocenters. The van der Waals surface area contributed by atoms with Gasteiger partial charge in [-0.15, -0.1) is 11.3 Å². The number of carbonyl (C=O) groups excluding carboxylic acids is 1. The fourth-order valence-electron chi connectivity index (χ4n) is 1.50. The SMILES string of the molecule is O=C1NCc2c1ncn2-c1cncs1. The molecule has 1 N–H and O–H groups in total. The van der Waals surface area contributed by atoms with Gasteiger partial charge in [0.05, 0.1) is 23.9 Å². The van der Waals surface area contributed by atoms with Crippen LogP contribution in [0.2, 0.25) is 0 Å². The first-order chi connectivity index (χ1) is 6.86. The molecular weight excluding hydrogens is 200 g/mol. The van der Waals surface area contributed by atoms with Gasteiger partial charge in [-0.25, -0.2) is 4.98 Å². The van der Waals surface area contributed by atoms with E-state index in [1.54, 1.807) is 18.0 Å². The molecule has 6 heteroatoms. The van der Waals surface area contributed by atoms with Gasteiger partial charge in [0.25, 0.3) is 5.91 Å². The lowest BCUT2D eigenvalue weighted by Crippen LogP contribution is -2.14. The van der Waals surface area contributed by atoms with Gasteiger partial charge in [0.1, 0.15) is 11.3 Å². The van der Waals surface area contributed by atoms with Gasteiger partial charge in [-0.1, -0.05) is 0 Å². The number of nitrogens with zero attached hydrogens (tertiary/aromatic N) is 3. The first-order valence-electron chi connectivity index (χ1n) is 4.09. The van der Waals surface area contributed by atoms with Gasteiger partial charge in [0.2, 0.25) is 0 Å². The maximum Gasteiger partial charge on any atom is 0.272 e. The highest BCUT2D eigenvalue weighted by molar-refractivity contribution is 7.12. The van der Waals surface area contributed by atoms with Crippen LogP contribution in [0.15, 0.2) is 18.0 Å². The Kier molecular flexibility index (Phi) is 1.45. The Morgan fingerprint density at radius 1 is 1.57 bits per heavy atom. The topological polar surface area (TPSA) is 59.8 Å². The lowest BCUT2D eigenvalue weighted by atomic mass is 10.4. The summed E-state index contributed by atoms with van der Waals surface area (Å²) in [5, 5.41) is 3.71. The summed E-state index contributed by atoms with van der Waals surface area (Å²) >= 11 is 1.52. The van der Waals surface area contributed by atoms with Gasteiger partial charge in [0.15, 0.2) is 5.69 Å². The summed E-state index contributed by atoms with van der Waals surface area (Å²) in [6, 6.07) is 0. The van der Waals surface area contributed by atoms with Crippen molar-refractivity contribution in [1.82, 2.24) is 19.9 Å². The van der Waals surface area contributed by atoms with E-state index < -0.39 is 0 Å². The molecular formula is C8H6N4OS. The van der Waals surface area contributed by atoms with E-state index in [2.05, 4.69) is 15.3 Å². The summed E-state index contributed by atoms with van der Waals surface area (Å²) in [7, 11) is 0. The van der Waals surface area contributed by atoms with Crippen molar-refractivity contribution in [2.75, 3.05) is 0 Å². The van der Waals surface area contributed by atoms with E-state index in [9.17, 15) is 4.79 Å². The molecule has 0 bridgehead atoms. The summed E-state index contributed by atoms with van der Waals surface area (Å²) in [6.45, 7) is 0.548. The Morgan fingerprint density at radius 2 is 2.50 bits per heavy atom. The molecule has 2 aromatic heterocycles. The standard InChI is InChI=1S/C8H6N4OS/c13-8-7-5(1-10-8)12(3-11-7)6-2-9-4-14-6/h2-4H,1H2,(H,10,13). The van der Waals surface area contributed by atoms with Gasteiger partial charge in [-0.2, -0.15) is 0 Å². The fraction of sp³-hybridized carbons (Fsp3) is 0.125. The van der Waals surface area contributed by atoms with E-state index >= 15 is 0 Å². The highest BCUT2D eigenvalue weighted by Crippen LogP contribution is 2.20. The zero-order valence-corrected chi connectivity index (χ0v) is 7.91. The maximum absolute atomic E-state index is 11.2. The van der Waals surface area contributed by atoms with Crippen LogP contribution in [-0.4, -0.2) is 20.4 Å². The molecule has 3 heterocycles. The summed E-state index contributed by atoms with van der Waals surface area (Å²) in [4.78, 5) is 19.3. The molecule has 1 amide bonds. The summed E-state index contributed by atoms with van der Waals surface area (Å²) in [5.74, 6) is -0.0942. The van der Waals surface area contributed by atoms with Crippen molar-refractivity contribution >= 4 is 17.2 Å². The predicted molar refractivity (Wildman–Crippen MR) is 50.4 cm³/mol. The van der Waals surface area contributed by atoms with Gasteiger partial charge in [0, 0.05) is 0 Å². The molecule has 1 aliphatic rings. The highest BCUT2D eigenvalue weighted by Gasteiger charge is 2.24. The third kappa shape index (κ3) is 0.912. The monoisotopic (exact) mass is 206 g/mol. The Balaban J connectivity index is 2.18. The van der Waals surface area contributed by atoms with Crippen LogP contribution in [0.25, 0.3) is 5.00 Å². The minimum Gasteiger partial charge on any atom is -0.345 e. The minimum absolute atomic E-state index is 0.0942. The van der Waals surface area contributed by atoms with Crippen LogP contribution in [0.1, 0.15) is 16.2 Å². The highest BCUT2D eigenvalue weighted by atomic mass is 32.1. The smallest absolute Gasteiger partial charge is 0.272 e. The van der Waals surface area contributed by atoms with Crippen LogP contribution in [-0.2, 0) is 6.54 Å². The largest absolute Gasteiger partial charge is 0.345 e. The van der Waals surface area contributed by atoms with Crippen molar-refractivity contribution < 1.29 is 4.79 Å². The fourth-order valence-corrected chi connectivity index (χ4v) is 2.12. The summed E-state index contributed by atoms with van der Waals surface area (Å²) in [5.41, 5.74) is 3.20. The van der Waals surface area contributed by atoms with Gasteiger partial charge < -0.3 is 5.32 Å². The summed E-state index contributed by atoms with van der Waals surface area (Å²) in [6.07, 6.45) is 3.42. The Labute approximate surface area is 83.4 Å². The second-order valence-electron chi connectivity index (χ2n) is 2.93.